The third-order valence-electron chi connectivity index (χ3n) is 4.95. The molecule has 134 valence electrons. The van der Waals surface area contributed by atoms with Gasteiger partial charge in [0.1, 0.15) is 0 Å². The normalized spacial score (nSPS) is 20.0. The lowest BCUT2D eigenvalue weighted by atomic mass is 9.98. The number of rotatable bonds is 6. The van der Waals surface area contributed by atoms with Crippen LogP contribution in [0.3, 0.4) is 0 Å². The van der Waals surface area contributed by atoms with Crippen molar-refractivity contribution in [1.82, 2.24) is 15.1 Å². The van der Waals surface area contributed by atoms with Gasteiger partial charge in [-0.3, -0.25) is 4.90 Å². The van der Waals surface area contributed by atoms with Crippen molar-refractivity contribution in [2.24, 2.45) is 0 Å². The molecule has 1 aromatic heterocycles. The summed E-state index contributed by atoms with van der Waals surface area (Å²) in [6, 6.07) is 14.1. The van der Waals surface area contributed by atoms with Crippen LogP contribution in [0.2, 0.25) is 0 Å². The average molecular weight is 341 g/mol. The van der Waals surface area contributed by atoms with E-state index >= 15 is 0 Å². The molecule has 1 saturated heterocycles. The van der Waals surface area contributed by atoms with Crippen molar-refractivity contribution in [3.8, 4) is 5.88 Å². The third-order valence-corrected chi connectivity index (χ3v) is 4.95. The van der Waals surface area contributed by atoms with E-state index in [4.69, 9.17) is 4.74 Å². The Hall–Kier alpha value is -1.98. The molecule has 1 aliphatic rings. The zero-order chi connectivity index (χ0) is 17.5. The fourth-order valence-corrected chi connectivity index (χ4v) is 3.53. The molecule has 2 atom stereocenters. The van der Waals surface area contributed by atoms with Gasteiger partial charge in [0.15, 0.2) is 0 Å². The van der Waals surface area contributed by atoms with Gasteiger partial charge in [-0.25, -0.2) is 0 Å². The van der Waals surface area contributed by atoms with Gasteiger partial charge in [-0.1, -0.05) is 43.2 Å². The van der Waals surface area contributed by atoms with E-state index < -0.39 is 6.10 Å². The molecule has 1 aromatic carbocycles. The van der Waals surface area contributed by atoms with Crippen molar-refractivity contribution in [1.29, 1.82) is 0 Å². The maximum absolute atomic E-state index is 10.6. The van der Waals surface area contributed by atoms with Crippen molar-refractivity contribution < 1.29 is 9.84 Å². The van der Waals surface area contributed by atoms with Gasteiger partial charge < -0.3 is 9.84 Å². The first kappa shape index (κ1) is 17.8. The Morgan fingerprint density at radius 2 is 1.96 bits per heavy atom. The molecule has 1 fully saturated rings. The average Bonchev–Trinajstić information content (AvgIpc) is 2.88. The largest absolute Gasteiger partial charge is 0.480 e. The zero-order valence-electron chi connectivity index (χ0n) is 14.8. The molecule has 2 heterocycles. The lowest BCUT2D eigenvalue weighted by molar-refractivity contribution is 0.0966. The standard InChI is InChI=1S/C20H27N3O2/c1-25-20-12-11-17(21-22-20)15-23-13-7-3-6-10-18(23)14-19(24)16-8-4-2-5-9-16/h2,4-5,8-9,11-12,18-19,24H,3,6-7,10,13-15H2,1H3/t18-,19-/m0/s1. The fourth-order valence-electron chi connectivity index (χ4n) is 3.53. The highest BCUT2D eigenvalue weighted by molar-refractivity contribution is 5.17. The summed E-state index contributed by atoms with van der Waals surface area (Å²) in [6.07, 6.45) is 5.12. The highest BCUT2D eigenvalue weighted by Gasteiger charge is 2.24. The van der Waals surface area contributed by atoms with Crippen LogP contribution in [0.5, 0.6) is 5.88 Å². The first-order valence-corrected chi connectivity index (χ1v) is 9.10. The second kappa shape index (κ2) is 8.92. The zero-order valence-corrected chi connectivity index (χ0v) is 14.8. The maximum atomic E-state index is 10.6. The Labute approximate surface area is 149 Å². The summed E-state index contributed by atoms with van der Waals surface area (Å²) in [6.45, 7) is 1.81. The number of hydrogen-bond acceptors (Lipinski definition) is 5. The van der Waals surface area contributed by atoms with E-state index in [1.165, 1.54) is 19.3 Å². The van der Waals surface area contributed by atoms with Gasteiger partial charge in [0.25, 0.3) is 0 Å². The van der Waals surface area contributed by atoms with E-state index in [1.807, 2.05) is 42.5 Å². The van der Waals surface area contributed by atoms with E-state index in [9.17, 15) is 5.11 Å². The molecule has 1 N–H and O–H groups in total. The Kier molecular flexibility index (Phi) is 6.36. The number of aliphatic hydroxyl groups excluding tert-OH is 1. The summed E-state index contributed by atoms with van der Waals surface area (Å²) >= 11 is 0. The maximum Gasteiger partial charge on any atom is 0.233 e. The molecule has 5 nitrogen and oxygen atoms in total. The molecule has 1 aliphatic heterocycles. The second-order valence-corrected chi connectivity index (χ2v) is 6.70. The minimum atomic E-state index is -0.422. The van der Waals surface area contributed by atoms with Crippen molar-refractivity contribution in [3.63, 3.8) is 0 Å². The number of benzene rings is 1. The molecule has 0 bridgehead atoms. The molecule has 0 amide bonds. The Balaban J connectivity index is 1.68. The summed E-state index contributed by atoms with van der Waals surface area (Å²) in [5.74, 6) is 0.538. The van der Waals surface area contributed by atoms with Gasteiger partial charge in [0.2, 0.25) is 5.88 Å². The second-order valence-electron chi connectivity index (χ2n) is 6.70. The Bertz CT molecular complexity index is 633. The van der Waals surface area contributed by atoms with Crippen LogP contribution in [0, 0.1) is 0 Å². The molecule has 0 saturated carbocycles. The van der Waals surface area contributed by atoms with Gasteiger partial charge in [0, 0.05) is 18.7 Å². The SMILES string of the molecule is COc1ccc(CN2CCCCC[C@H]2C[C@H](O)c2ccccc2)nn1. The monoisotopic (exact) mass is 341 g/mol. The molecule has 25 heavy (non-hydrogen) atoms. The van der Waals surface area contributed by atoms with E-state index in [0.29, 0.717) is 11.9 Å². The van der Waals surface area contributed by atoms with Crippen LogP contribution >= 0.6 is 0 Å². The number of aromatic nitrogens is 2. The van der Waals surface area contributed by atoms with Gasteiger partial charge in [-0.2, -0.15) is 5.10 Å². The van der Waals surface area contributed by atoms with Crippen LogP contribution in [-0.2, 0) is 6.54 Å². The summed E-state index contributed by atoms with van der Waals surface area (Å²) in [5.41, 5.74) is 1.94. The lowest BCUT2D eigenvalue weighted by Gasteiger charge is -2.31. The number of aliphatic hydroxyl groups is 1. The summed E-state index contributed by atoms with van der Waals surface area (Å²) in [7, 11) is 1.60. The van der Waals surface area contributed by atoms with Crippen molar-refractivity contribution in [2.45, 2.75) is 50.8 Å². The molecule has 0 aliphatic carbocycles. The molecule has 2 aromatic rings. The number of ether oxygens (including phenoxy) is 1. The predicted molar refractivity (Wildman–Crippen MR) is 97.3 cm³/mol. The minimum absolute atomic E-state index is 0.363. The molecular weight excluding hydrogens is 314 g/mol. The Morgan fingerprint density at radius 3 is 2.68 bits per heavy atom. The first-order chi connectivity index (χ1) is 12.3. The number of nitrogens with zero attached hydrogens (tertiary/aromatic N) is 3. The van der Waals surface area contributed by atoms with Crippen LogP contribution in [0.25, 0.3) is 0 Å². The van der Waals surface area contributed by atoms with Crippen LogP contribution in [0.1, 0.15) is 49.5 Å². The molecule has 0 unspecified atom stereocenters. The highest BCUT2D eigenvalue weighted by atomic mass is 16.5. The summed E-state index contributed by atoms with van der Waals surface area (Å²) in [4.78, 5) is 2.45. The van der Waals surface area contributed by atoms with Crippen LogP contribution in [-0.4, -0.2) is 39.9 Å². The van der Waals surface area contributed by atoms with Crippen LogP contribution in [0.4, 0.5) is 0 Å². The quantitative estimate of drug-likeness (QED) is 0.873. The van der Waals surface area contributed by atoms with Crippen molar-refractivity contribution in [3.05, 3.63) is 53.7 Å². The van der Waals surface area contributed by atoms with Crippen LogP contribution in [0.15, 0.2) is 42.5 Å². The number of likely N-dealkylation sites (tertiary alicyclic amines) is 1. The summed E-state index contributed by atoms with van der Waals surface area (Å²) in [5, 5.41) is 19.0. The molecular formula is C20H27N3O2. The third kappa shape index (κ3) is 5.00. The number of hydrogen-bond donors (Lipinski definition) is 1. The smallest absolute Gasteiger partial charge is 0.233 e. The van der Waals surface area contributed by atoms with Crippen molar-refractivity contribution in [2.75, 3.05) is 13.7 Å². The number of methoxy groups -OCH3 is 1. The summed E-state index contributed by atoms with van der Waals surface area (Å²) < 4.78 is 5.08. The van der Waals surface area contributed by atoms with E-state index in [-0.39, 0.29) is 0 Å². The van der Waals surface area contributed by atoms with E-state index in [0.717, 1.165) is 37.2 Å². The minimum Gasteiger partial charge on any atom is -0.480 e. The van der Waals surface area contributed by atoms with E-state index in [2.05, 4.69) is 15.1 Å². The highest BCUT2D eigenvalue weighted by Crippen LogP contribution is 2.27. The van der Waals surface area contributed by atoms with Gasteiger partial charge in [0.05, 0.1) is 18.9 Å². The predicted octanol–water partition coefficient (Wildman–Crippen LogP) is 3.35. The topological polar surface area (TPSA) is 58.5 Å². The molecule has 0 radical (unpaired) electrons. The Morgan fingerprint density at radius 1 is 1.12 bits per heavy atom. The molecule has 3 rings (SSSR count). The van der Waals surface area contributed by atoms with Crippen LogP contribution < -0.4 is 4.74 Å². The molecule has 0 spiro atoms. The first-order valence-electron chi connectivity index (χ1n) is 9.10. The van der Waals surface area contributed by atoms with Gasteiger partial charge >= 0.3 is 0 Å². The lowest BCUT2D eigenvalue weighted by Crippen LogP contribution is -2.36. The van der Waals surface area contributed by atoms with Gasteiger partial charge in [-0.15, -0.1) is 5.10 Å². The van der Waals surface area contributed by atoms with E-state index in [1.54, 1.807) is 7.11 Å². The van der Waals surface area contributed by atoms with Crippen molar-refractivity contribution >= 4 is 0 Å². The molecule has 5 heteroatoms. The van der Waals surface area contributed by atoms with Gasteiger partial charge in [-0.05, 0) is 37.4 Å². The fraction of sp³-hybridized carbons (Fsp3) is 0.500.